The number of rotatable bonds is 4. The predicted molar refractivity (Wildman–Crippen MR) is 113 cm³/mol. The molecule has 1 aromatic carbocycles. The van der Waals surface area contributed by atoms with Crippen molar-refractivity contribution in [2.24, 2.45) is 0 Å². The molecule has 8 heteroatoms. The van der Waals surface area contributed by atoms with Gasteiger partial charge in [-0.2, -0.15) is 0 Å². The van der Waals surface area contributed by atoms with Crippen molar-refractivity contribution in [3.63, 3.8) is 0 Å². The first-order chi connectivity index (χ1) is 15.1. The molecule has 7 nitrogen and oxygen atoms in total. The van der Waals surface area contributed by atoms with Gasteiger partial charge in [0, 0.05) is 41.9 Å². The van der Waals surface area contributed by atoms with Crippen molar-refractivity contribution < 1.29 is 14.2 Å². The fraction of sp³-hybridized carbons (Fsp3) is 0.391. The predicted octanol–water partition coefficient (Wildman–Crippen LogP) is 3.61. The molecule has 0 aliphatic carbocycles. The van der Waals surface area contributed by atoms with E-state index in [4.69, 9.17) is 4.74 Å². The second kappa shape index (κ2) is 8.19. The molecule has 0 radical (unpaired) electrons. The van der Waals surface area contributed by atoms with Crippen LogP contribution in [0.2, 0.25) is 0 Å². The number of alkyl halides is 1. The number of hydrogen-bond donors (Lipinski definition) is 2. The van der Waals surface area contributed by atoms with Gasteiger partial charge in [0.1, 0.15) is 11.9 Å². The number of ether oxygens (including phenoxy) is 1. The van der Waals surface area contributed by atoms with Crippen LogP contribution in [0.1, 0.15) is 31.4 Å². The summed E-state index contributed by atoms with van der Waals surface area (Å²) in [4.78, 5) is 8.57. The van der Waals surface area contributed by atoms with Crippen LogP contribution in [0.4, 0.5) is 4.39 Å². The van der Waals surface area contributed by atoms with Crippen LogP contribution >= 0.6 is 0 Å². The molecular formula is C23H24FN5O2. The van der Waals surface area contributed by atoms with Gasteiger partial charge in [-0.1, -0.05) is 12.5 Å². The molecule has 2 aliphatic rings. The number of phenolic OH excluding ortho intramolecular Hbond substituents is 1. The zero-order chi connectivity index (χ0) is 21.4. The fourth-order valence-electron chi connectivity index (χ4n) is 4.40. The van der Waals surface area contributed by atoms with Gasteiger partial charge in [0.2, 0.25) is 5.88 Å². The Labute approximate surface area is 179 Å². The van der Waals surface area contributed by atoms with E-state index in [1.807, 2.05) is 13.0 Å². The SMILES string of the molecule is Cc1cnc(-c2ccc(-c3ccc(O[C@H]4C[C@@H]5CCC[C@@H](N5)[C@H]4F)nn3)c(O)c2)cn1. The third-order valence-electron chi connectivity index (χ3n) is 6.04. The van der Waals surface area contributed by atoms with Crippen molar-refractivity contribution in [3.8, 4) is 34.1 Å². The summed E-state index contributed by atoms with van der Waals surface area (Å²) in [5, 5.41) is 22.2. The quantitative estimate of drug-likeness (QED) is 0.665. The Morgan fingerprint density at radius 2 is 1.97 bits per heavy atom. The monoisotopic (exact) mass is 421 g/mol. The van der Waals surface area contributed by atoms with Crippen LogP contribution in [-0.2, 0) is 0 Å². The number of nitrogens with zero attached hydrogens (tertiary/aromatic N) is 4. The van der Waals surface area contributed by atoms with Crippen molar-refractivity contribution in [2.45, 2.75) is 57.0 Å². The molecule has 2 bridgehead atoms. The van der Waals surface area contributed by atoms with Crippen molar-refractivity contribution in [2.75, 3.05) is 0 Å². The highest BCUT2D eigenvalue weighted by atomic mass is 19.1. The first-order valence-electron chi connectivity index (χ1n) is 10.6. The first-order valence-corrected chi connectivity index (χ1v) is 10.6. The smallest absolute Gasteiger partial charge is 0.233 e. The van der Waals surface area contributed by atoms with Gasteiger partial charge in [-0.25, -0.2) is 4.39 Å². The normalized spacial score (nSPS) is 25.2. The lowest BCUT2D eigenvalue weighted by molar-refractivity contribution is 0.00652. The van der Waals surface area contributed by atoms with Gasteiger partial charge in [0.25, 0.3) is 0 Å². The maximum absolute atomic E-state index is 14.7. The number of phenols is 1. The van der Waals surface area contributed by atoms with Gasteiger partial charge in [-0.3, -0.25) is 9.97 Å². The summed E-state index contributed by atoms with van der Waals surface area (Å²) in [5.74, 6) is 0.361. The highest BCUT2D eigenvalue weighted by Gasteiger charge is 2.41. The van der Waals surface area contributed by atoms with E-state index < -0.39 is 12.3 Å². The lowest BCUT2D eigenvalue weighted by Gasteiger charge is -2.42. The van der Waals surface area contributed by atoms with E-state index in [1.54, 1.807) is 36.7 Å². The first kappa shape index (κ1) is 19.8. The van der Waals surface area contributed by atoms with E-state index >= 15 is 0 Å². The number of benzene rings is 1. The van der Waals surface area contributed by atoms with E-state index in [1.165, 1.54) is 0 Å². The molecule has 0 spiro atoms. The molecule has 2 N–H and O–H groups in total. The molecule has 4 heterocycles. The van der Waals surface area contributed by atoms with Gasteiger partial charge in [0.15, 0.2) is 6.17 Å². The average molecular weight is 421 g/mol. The van der Waals surface area contributed by atoms with E-state index in [0.29, 0.717) is 35.3 Å². The summed E-state index contributed by atoms with van der Waals surface area (Å²) in [5.41, 5.74) is 3.31. The van der Waals surface area contributed by atoms with E-state index in [0.717, 1.165) is 30.5 Å². The average Bonchev–Trinajstić information content (AvgIpc) is 2.79. The van der Waals surface area contributed by atoms with Crippen LogP contribution < -0.4 is 10.1 Å². The molecule has 5 rings (SSSR count). The topological polar surface area (TPSA) is 93.0 Å². The maximum atomic E-state index is 14.7. The van der Waals surface area contributed by atoms with Crippen LogP contribution in [0.15, 0.2) is 42.7 Å². The van der Waals surface area contributed by atoms with E-state index in [2.05, 4.69) is 25.5 Å². The minimum atomic E-state index is -1.06. The summed E-state index contributed by atoms with van der Waals surface area (Å²) >= 11 is 0. The molecule has 4 atom stereocenters. The minimum Gasteiger partial charge on any atom is -0.507 e. The van der Waals surface area contributed by atoms with Gasteiger partial charge in [-0.05, 0) is 38.0 Å². The Balaban J connectivity index is 1.31. The minimum absolute atomic E-state index is 0.0674. The standard InChI is InChI=1S/C23H24FN5O2/c1-13-11-26-19(12-25-13)14-5-6-16(20(30)9-14)17-7-8-22(29-28-17)31-21-10-15-3-2-4-18(27-15)23(21)24/h5-9,11-12,15,18,21,23,27,30H,2-4,10H2,1H3/t15-,18+,21-,23+/m0/s1. The lowest BCUT2D eigenvalue weighted by Crippen LogP contribution is -2.59. The van der Waals surface area contributed by atoms with Crippen LogP contribution in [0.3, 0.4) is 0 Å². The Morgan fingerprint density at radius 3 is 2.71 bits per heavy atom. The number of halogens is 1. The second-order valence-electron chi connectivity index (χ2n) is 8.27. The van der Waals surface area contributed by atoms with Crippen molar-refractivity contribution >= 4 is 0 Å². The molecule has 2 aromatic heterocycles. The molecule has 2 saturated heterocycles. The number of hydrogen-bond acceptors (Lipinski definition) is 7. The number of fused-ring (bicyclic) bond motifs is 2. The molecule has 0 saturated carbocycles. The van der Waals surface area contributed by atoms with Crippen LogP contribution in [0, 0.1) is 6.92 Å². The maximum Gasteiger partial charge on any atom is 0.233 e. The Kier molecular flexibility index (Phi) is 5.23. The van der Waals surface area contributed by atoms with Gasteiger partial charge >= 0.3 is 0 Å². The number of aryl methyl sites for hydroxylation is 1. The summed E-state index contributed by atoms with van der Waals surface area (Å²) in [6.45, 7) is 1.87. The second-order valence-corrected chi connectivity index (χ2v) is 8.27. The van der Waals surface area contributed by atoms with E-state index in [-0.39, 0.29) is 11.8 Å². The van der Waals surface area contributed by atoms with Crippen molar-refractivity contribution in [1.29, 1.82) is 0 Å². The van der Waals surface area contributed by atoms with Crippen LogP contribution in [0.25, 0.3) is 22.5 Å². The summed E-state index contributed by atoms with van der Waals surface area (Å²) in [6, 6.07) is 8.80. The molecule has 3 aromatic rings. The number of aromatic hydroxyl groups is 1. The third-order valence-corrected chi connectivity index (χ3v) is 6.04. The Bertz CT molecular complexity index is 1060. The summed E-state index contributed by atoms with van der Waals surface area (Å²) in [7, 11) is 0. The van der Waals surface area contributed by atoms with Crippen LogP contribution in [0.5, 0.6) is 11.6 Å². The zero-order valence-corrected chi connectivity index (χ0v) is 17.2. The van der Waals surface area contributed by atoms with Gasteiger partial charge in [0.05, 0.1) is 23.3 Å². The summed E-state index contributed by atoms with van der Waals surface area (Å²) in [6.07, 6.45) is 5.36. The molecule has 2 fully saturated rings. The number of aromatic nitrogens is 4. The lowest BCUT2D eigenvalue weighted by atomic mass is 9.84. The Hall–Kier alpha value is -3.13. The van der Waals surface area contributed by atoms with E-state index in [9.17, 15) is 9.50 Å². The third kappa shape index (κ3) is 4.07. The number of nitrogens with one attached hydrogen (secondary N) is 1. The van der Waals surface area contributed by atoms with Crippen molar-refractivity contribution in [3.05, 3.63) is 48.4 Å². The number of piperidine rings is 2. The summed E-state index contributed by atoms with van der Waals surface area (Å²) < 4.78 is 20.6. The molecular weight excluding hydrogens is 397 g/mol. The zero-order valence-electron chi connectivity index (χ0n) is 17.2. The molecule has 160 valence electrons. The molecule has 2 aliphatic heterocycles. The van der Waals surface area contributed by atoms with Gasteiger partial charge in [-0.15, -0.1) is 10.2 Å². The molecule has 0 amide bonds. The van der Waals surface area contributed by atoms with Crippen LogP contribution in [-0.4, -0.2) is 49.6 Å². The molecule has 31 heavy (non-hydrogen) atoms. The highest BCUT2D eigenvalue weighted by Crippen LogP contribution is 2.33. The molecule has 0 unspecified atom stereocenters. The largest absolute Gasteiger partial charge is 0.507 e. The fourth-order valence-corrected chi connectivity index (χ4v) is 4.40. The van der Waals surface area contributed by atoms with Gasteiger partial charge < -0.3 is 15.2 Å². The Morgan fingerprint density at radius 1 is 1.06 bits per heavy atom. The van der Waals surface area contributed by atoms with Crippen molar-refractivity contribution in [1.82, 2.24) is 25.5 Å². The highest BCUT2D eigenvalue weighted by molar-refractivity contribution is 5.72.